The molecule has 666 valence electrons. The highest BCUT2D eigenvalue weighted by Gasteiger charge is 2.28. The van der Waals surface area contributed by atoms with E-state index in [4.69, 9.17) is 39.1 Å². The Morgan fingerprint density at radius 2 is 0.771 bits per heavy atom. The number of likely N-dealkylation sites (N-methyl/N-ethyl adjacent to an activating group) is 1. The summed E-state index contributed by atoms with van der Waals surface area (Å²) in [6, 6.07) is 44.1. The van der Waals surface area contributed by atoms with E-state index >= 15 is 0 Å². The van der Waals surface area contributed by atoms with E-state index in [0.717, 1.165) is 88.8 Å². The Bertz CT molecular complexity index is 7680. The highest BCUT2D eigenvalue weighted by Crippen LogP contribution is 2.36. The molecule has 0 saturated carbocycles. The molecule has 0 bridgehead atoms. The van der Waals surface area contributed by atoms with Crippen LogP contribution in [-0.2, 0) is 38.5 Å². The van der Waals surface area contributed by atoms with Gasteiger partial charge in [-0.1, -0.05) is 115 Å². The standard InChI is InChI=1S/C19H20N4O3S.C17H16N4O2S.C15H15N5O2S.C15H14N4O2S.C13H11N3OS.C12H9N3OS/c1-10-7-11-3-5-23(6-4-12(11)8-14(10)26-2)18(25)13-9-27-16-15(13)21-19(20)22-17(16)24;18-17-19-13-12(9-24-14(13)15(22)20-17)16(23)21-7-5-10-3-1-2-4-11(10)6-8-21;1-20(7-4-9-2-5-17-6-3-9)14(22)10-8-23-12-11(10)18-15(16)19-13(12)21;16-15-18-11-10(8-22-12(11)14(21)19-15)13(20)17-7-6-9-4-2-1-3-5-9;1-7-4-2-3-5-8(7)9-6-18-11-10(9)15-13(14)16-12(11)17;13-12-14-9-8(7-4-2-1-3-5-7)6-17-10(9)11(16)15-12/h7-9H,3-6H2,1-2H3,(H3,20,21,22,24);1-4,9H,5-8H2,(H3,18,19,20,22);2-3,5-6,8H,4,7H2,1H3,(H3,16,18,19,21);1-5,8H,6-7H2,(H,17,20)(H3,16,18,19,21);2-6H,1H3,(H3,14,15,16,17);1-6H,(H3,13,14,15,16). The number of aromatic nitrogens is 13. The molecule has 20 rings (SSSR count). The number of nitrogens with zero attached hydrogens (tertiary/aromatic N) is 10. The summed E-state index contributed by atoms with van der Waals surface area (Å²) in [6.45, 7) is 7.67. The number of H-pyrrole nitrogens is 6. The van der Waals surface area contributed by atoms with Crippen LogP contribution in [0.25, 0.3) is 83.6 Å². The van der Waals surface area contributed by atoms with E-state index < -0.39 is 0 Å². The van der Waals surface area contributed by atoms with E-state index in [1.54, 1.807) is 53.0 Å². The average Bonchev–Trinajstić information content (AvgIpc) is 1.67. The molecule has 4 amide bonds. The molecule has 18 aromatic rings. The lowest BCUT2D eigenvalue weighted by atomic mass is 10.00. The quantitative estimate of drug-likeness (QED) is 0.0510. The van der Waals surface area contributed by atoms with Gasteiger partial charge in [0.2, 0.25) is 35.7 Å². The summed E-state index contributed by atoms with van der Waals surface area (Å²) >= 11 is 7.59. The molecule has 19 N–H and O–H groups in total. The van der Waals surface area contributed by atoms with Crippen molar-refractivity contribution in [3.8, 4) is 28.0 Å². The molecular weight excluding hydrogens is 1780 g/mol. The van der Waals surface area contributed by atoms with Gasteiger partial charge in [-0.2, -0.15) is 0 Å². The highest BCUT2D eigenvalue weighted by molar-refractivity contribution is 7.19. The van der Waals surface area contributed by atoms with Crippen LogP contribution in [0.1, 0.15) is 85.9 Å². The number of hydrogen-bond acceptors (Lipinski definition) is 30. The van der Waals surface area contributed by atoms with Crippen LogP contribution in [0, 0.1) is 13.8 Å². The number of ether oxygens (including phenoxy) is 1. The molecule has 13 aromatic heterocycles. The molecule has 0 spiro atoms. The third-order valence-corrected chi connectivity index (χ3v) is 27.3. The molecule has 0 radical (unpaired) electrons. The van der Waals surface area contributed by atoms with Crippen molar-refractivity contribution < 1.29 is 23.9 Å². The molecule has 15 heterocycles. The smallest absolute Gasteiger partial charge is 0.270 e. The largest absolute Gasteiger partial charge is 0.496 e. The van der Waals surface area contributed by atoms with E-state index in [2.05, 4.69) is 94.4 Å². The number of nitrogens with two attached hydrogens (primary N) is 6. The Hall–Kier alpha value is -15.2. The van der Waals surface area contributed by atoms with Gasteiger partial charge in [0.1, 0.15) is 56.0 Å². The Labute approximate surface area is 767 Å². The maximum atomic E-state index is 13.1. The molecule has 40 heteroatoms. The van der Waals surface area contributed by atoms with Crippen molar-refractivity contribution in [1.82, 2.24) is 84.8 Å². The Kier molecular flexibility index (Phi) is 27.9. The predicted molar refractivity (Wildman–Crippen MR) is 522 cm³/mol. The van der Waals surface area contributed by atoms with Crippen molar-refractivity contribution in [2.45, 2.75) is 52.4 Å². The number of anilines is 6. The van der Waals surface area contributed by atoms with Crippen LogP contribution in [0.2, 0.25) is 0 Å². The van der Waals surface area contributed by atoms with Gasteiger partial charge >= 0.3 is 0 Å². The van der Waals surface area contributed by atoms with Gasteiger partial charge in [-0.05, 0) is 126 Å². The molecule has 131 heavy (non-hydrogen) atoms. The van der Waals surface area contributed by atoms with Gasteiger partial charge in [0.15, 0.2) is 0 Å². The summed E-state index contributed by atoms with van der Waals surface area (Å²) in [6.07, 6.45) is 8.12. The lowest BCUT2D eigenvalue weighted by molar-refractivity contribution is 0.0757. The first-order valence-corrected chi connectivity index (χ1v) is 46.0. The van der Waals surface area contributed by atoms with E-state index in [9.17, 15) is 47.9 Å². The molecule has 0 unspecified atom stereocenters. The fourth-order valence-corrected chi connectivity index (χ4v) is 20.2. The number of amides is 4. The second-order valence-corrected chi connectivity index (χ2v) is 35.4. The van der Waals surface area contributed by atoms with Gasteiger partial charge in [-0.3, -0.25) is 82.8 Å². The zero-order valence-electron chi connectivity index (χ0n) is 70.7. The summed E-state index contributed by atoms with van der Waals surface area (Å²) in [5, 5.41) is 13.4. The summed E-state index contributed by atoms with van der Waals surface area (Å²) in [5.74, 6) is 0.608. The lowest BCUT2D eigenvalue weighted by Crippen LogP contribution is -2.33. The van der Waals surface area contributed by atoms with Gasteiger partial charge < -0.3 is 59.2 Å². The predicted octanol–water partition coefficient (Wildman–Crippen LogP) is 11.5. The number of hydrogen-bond donors (Lipinski definition) is 13. The number of pyridine rings is 1. The number of aromatic amines is 6. The van der Waals surface area contributed by atoms with Crippen molar-refractivity contribution >= 4 is 189 Å². The second kappa shape index (κ2) is 40.4. The van der Waals surface area contributed by atoms with Gasteiger partial charge in [0.05, 0.1) is 40.4 Å². The van der Waals surface area contributed by atoms with Crippen molar-refractivity contribution in [2.75, 3.05) is 87.8 Å². The van der Waals surface area contributed by atoms with E-state index in [1.807, 2.05) is 144 Å². The van der Waals surface area contributed by atoms with Crippen LogP contribution in [0.15, 0.2) is 207 Å². The second-order valence-electron chi connectivity index (χ2n) is 30.1. The number of methoxy groups -OCH3 is 1. The van der Waals surface area contributed by atoms with Gasteiger partial charge in [0, 0.05) is 102 Å². The molecule has 2 aliphatic rings. The number of fused-ring (bicyclic) bond motifs is 8. The monoisotopic (exact) mass is 1870 g/mol. The van der Waals surface area contributed by atoms with E-state index in [1.165, 1.54) is 90.3 Å². The topological polar surface area (TPSA) is 543 Å². The number of carbonyl (C=O) groups excluding carboxylic acids is 4. The third kappa shape index (κ3) is 20.7. The molecule has 0 aliphatic carbocycles. The van der Waals surface area contributed by atoms with Crippen LogP contribution in [-0.4, -0.2) is 157 Å². The SMILES string of the molecule is CN(CCc1ccncc1)C(=O)c1csc2c(=O)[nH]c(N)nc12.COc1cc2c(cc1C)CCN(C(=O)c1csc3c(=O)[nH]c(N)nc13)CC2.Cc1ccccc1-c1csc2c(=O)[nH]c(N)nc12.Nc1nc2c(-c3ccccc3)csc2c(=O)[nH]1.Nc1nc2c(C(=O)N3CCc4ccccc4CC3)csc2c(=O)[nH]1.Nc1nc2c(C(=O)NCCc3ccccc3)csc2c(=O)[nH]1. The van der Waals surface area contributed by atoms with Crippen molar-refractivity contribution in [3.05, 3.63) is 307 Å². The van der Waals surface area contributed by atoms with Gasteiger partial charge in [-0.15, -0.1) is 68.0 Å². The number of nitrogen functional groups attached to an aromatic ring is 6. The van der Waals surface area contributed by atoms with Crippen molar-refractivity contribution in [1.29, 1.82) is 0 Å². The zero-order chi connectivity index (χ0) is 92.3. The fourth-order valence-electron chi connectivity index (χ4n) is 14.9. The number of benzene rings is 5. The highest BCUT2D eigenvalue weighted by atomic mass is 32.1. The first-order chi connectivity index (χ1) is 63.2. The van der Waals surface area contributed by atoms with Crippen molar-refractivity contribution in [2.24, 2.45) is 0 Å². The molecule has 5 aromatic carbocycles. The van der Waals surface area contributed by atoms with E-state index in [0.29, 0.717) is 123 Å². The van der Waals surface area contributed by atoms with Gasteiger partial charge in [-0.25, -0.2) is 29.9 Å². The van der Waals surface area contributed by atoms with Crippen LogP contribution in [0.4, 0.5) is 35.7 Å². The molecule has 0 atom stereocenters. The normalized spacial score (nSPS) is 12.2. The Morgan fingerprint density at radius 1 is 0.405 bits per heavy atom. The molecule has 0 saturated heterocycles. The zero-order valence-corrected chi connectivity index (χ0v) is 75.6. The minimum Gasteiger partial charge on any atom is -0.496 e. The molecular formula is C91H85N23O11S6. The number of nitrogens with one attached hydrogen (secondary N) is 7. The minimum atomic E-state index is -0.323. The number of rotatable bonds is 13. The molecule has 2 aliphatic heterocycles. The van der Waals surface area contributed by atoms with Crippen LogP contribution in [0.3, 0.4) is 0 Å². The average molecular weight is 1870 g/mol. The van der Waals surface area contributed by atoms with Crippen LogP contribution in [0.5, 0.6) is 5.75 Å². The van der Waals surface area contributed by atoms with Crippen molar-refractivity contribution in [3.63, 3.8) is 0 Å². The summed E-state index contributed by atoms with van der Waals surface area (Å²) < 4.78 is 8.32. The first-order valence-electron chi connectivity index (χ1n) is 40.8. The number of thiophene rings is 6. The minimum absolute atomic E-state index is 0.00855. The molecule has 0 fully saturated rings. The summed E-state index contributed by atoms with van der Waals surface area (Å²) in [5.41, 5.74) is 50.0. The fraction of sp³-hybridized carbons (Fsp3) is 0.176. The third-order valence-electron chi connectivity index (χ3n) is 21.5. The Morgan fingerprint density at radius 3 is 1.24 bits per heavy atom. The van der Waals surface area contributed by atoms with E-state index in [-0.39, 0.29) is 92.7 Å². The van der Waals surface area contributed by atoms with Gasteiger partial charge in [0.25, 0.3) is 57.0 Å². The number of carbonyl (C=O) groups is 4. The lowest BCUT2D eigenvalue weighted by Gasteiger charge is -2.19. The first kappa shape index (κ1) is 90.6. The van der Waals surface area contributed by atoms with Crippen LogP contribution >= 0.6 is 68.0 Å². The maximum absolute atomic E-state index is 13.1. The Balaban J connectivity index is 0.000000121. The maximum Gasteiger partial charge on any atom is 0.270 e. The summed E-state index contributed by atoms with van der Waals surface area (Å²) in [4.78, 5) is 171. The molecule has 34 nitrogen and oxygen atoms in total. The van der Waals surface area contributed by atoms with Crippen LogP contribution < -0.4 is 77.8 Å². The summed E-state index contributed by atoms with van der Waals surface area (Å²) in [7, 11) is 3.40. The number of aryl methyl sites for hydroxylation is 2.